The van der Waals surface area contributed by atoms with Gasteiger partial charge in [0.15, 0.2) is 0 Å². The van der Waals surface area contributed by atoms with E-state index in [2.05, 4.69) is 17.3 Å². The summed E-state index contributed by atoms with van der Waals surface area (Å²) < 4.78 is 13.0. The van der Waals surface area contributed by atoms with Gasteiger partial charge in [0.05, 0.1) is 12.1 Å². The molecule has 7 heteroatoms. The second-order valence-corrected chi connectivity index (χ2v) is 8.05. The van der Waals surface area contributed by atoms with Crippen LogP contribution in [0.2, 0.25) is 0 Å². The number of nitrogens with zero attached hydrogens (tertiary/aromatic N) is 4. The van der Waals surface area contributed by atoms with Gasteiger partial charge in [0.1, 0.15) is 17.5 Å². The zero-order chi connectivity index (χ0) is 20.4. The molecule has 3 heterocycles. The van der Waals surface area contributed by atoms with Crippen molar-refractivity contribution in [3.63, 3.8) is 0 Å². The second kappa shape index (κ2) is 8.45. The Hall–Kier alpha value is -2.54. The molecule has 0 aliphatic carbocycles. The number of piperidine rings is 1. The van der Waals surface area contributed by atoms with Gasteiger partial charge in [-0.2, -0.15) is 0 Å². The van der Waals surface area contributed by atoms with Crippen LogP contribution in [0, 0.1) is 5.82 Å². The van der Waals surface area contributed by atoms with Crippen LogP contribution in [0.25, 0.3) is 0 Å². The van der Waals surface area contributed by atoms with Crippen LogP contribution >= 0.6 is 0 Å². The number of aromatic nitrogens is 2. The van der Waals surface area contributed by atoms with Gasteiger partial charge in [-0.15, -0.1) is 0 Å². The Morgan fingerprint density at radius 1 is 1.17 bits per heavy atom. The molecule has 2 aromatic rings. The standard InChI is InChI=1S/C22H28FN5O/c1-24-22-18-9-10-27(2)14-19(18)25-21(26-22)16-7-11-28(12-8-16)20(29)13-15-3-5-17(23)6-4-15/h3-6,16H,7-14H2,1-2H3,(H,24,25,26). The Morgan fingerprint density at radius 2 is 1.90 bits per heavy atom. The lowest BCUT2D eigenvalue weighted by Gasteiger charge is -2.32. The lowest BCUT2D eigenvalue weighted by Crippen LogP contribution is -2.39. The molecule has 0 bridgehead atoms. The van der Waals surface area contributed by atoms with Gasteiger partial charge in [-0.3, -0.25) is 4.79 Å². The predicted molar refractivity (Wildman–Crippen MR) is 110 cm³/mol. The first-order valence-electron chi connectivity index (χ1n) is 10.3. The van der Waals surface area contributed by atoms with Crippen molar-refractivity contribution >= 4 is 11.7 Å². The van der Waals surface area contributed by atoms with E-state index in [0.29, 0.717) is 19.5 Å². The number of likely N-dealkylation sites (tertiary alicyclic amines) is 1. The lowest BCUT2D eigenvalue weighted by molar-refractivity contribution is -0.131. The fourth-order valence-corrected chi connectivity index (χ4v) is 4.25. The molecule has 1 amide bonds. The van der Waals surface area contributed by atoms with Gasteiger partial charge in [0, 0.05) is 44.7 Å². The minimum atomic E-state index is -0.279. The quantitative estimate of drug-likeness (QED) is 0.859. The number of benzene rings is 1. The number of hydrogen-bond acceptors (Lipinski definition) is 5. The van der Waals surface area contributed by atoms with Crippen LogP contribution in [0.4, 0.5) is 10.2 Å². The van der Waals surface area contributed by atoms with E-state index in [4.69, 9.17) is 9.97 Å². The van der Waals surface area contributed by atoms with Gasteiger partial charge in [0.2, 0.25) is 5.91 Å². The number of halogens is 1. The Kier molecular flexibility index (Phi) is 5.76. The van der Waals surface area contributed by atoms with Gasteiger partial charge in [0.25, 0.3) is 0 Å². The molecule has 0 saturated carbocycles. The van der Waals surface area contributed by atoms with Crippen molar-refractivity contribution in [1.82, 2.24) is 19.8 Å². The largest absolute Gasteiger partial charge is 0.373 e. The summed E-state index contributed by atoms with van der Waals surface area (Å²) in [6.07, 6.45) is 3.02. The Bertz CT molecular complexity index is 878. The number of fused-ring (bicyclic) bond motifs is 1. The number of hydrogen-bond donors (Lipinski definition) is 1. The summed E-state index contributed by atoms with van der Waals surface area (Å²) in [4.78, 5) is 26.5. The smallest absolute Gasteiger partial charge is 0.226 e. The summed E-state index contributed by atoms with van der Waals surface area (Å²) >= 11 is 0. The van der Waals surface area contributed by atoms with Crippen LogP contribution < -0.4 is 5.32 Å². The summed E-state index contributed by atoms with van der Waals surface area (Å²) in [6, 6.07) is 6.16. The summed E-state index contributed by atoms with van der Waals surface area (Å²) in [5.41, 5.74) is 3.21. The SMILES string of the molecule is CNc1nc(C2CCN(C(=O)Cc3ccc(F)cc3)CC2)nc2c1CCN(C)C2. The third-order valence-corrected chi connectivity index (χ3v) is 5.99. The molecule has 154 valence electrons. The average molecular weight is 397 g/mol. The molecule has 0 unspecified atom stereocenters. The molecule has 0 radical (unpaired) electrons. The first kappa shape index (κ1) is 19.8. The minimum absolute atomic E-state index is 0.0963. The van der Waals surface area contributed by atoms with E-state index < -0.39 is 0 Å². The van der Waals surface area contributed by atoms with Crippen LogP contribution in [0.1, 0.15) is 41.4 Å². The molecule has 1 saturated heterocycles. The van der Waals surface area contributed by atoms with Crippen LogP contribution in [0.3, 0.4) is 0 Å². The highest BCUT2D eigenvalue weighted by atomic mass is 19.1. The molecule has 2 aliphatic heterocycles. The number of rotatable bonds is 4. The Balaban J connectivity index is 1.41. The Labute approximate surface area is 171 Å². The zero-order valence-electron chi connectivity index (χ0n) is 17.1. The van der Waals surface area contributed by atoms with Crippen molar-refractivity contribution in [2.24, 2.45) is 0 Å². The third-order valence-electron chi connectivity index (χ3n) is 5.99. The van der Waals surface area contributed by atoms with Crippen LogP contribution in [-0.2, 0) is 24.2 Å². The maximum atomic E-state index is 13.0. The zero-order valence-corrected chi connectivity index (χ0v) is 17.1. The van der Waals surface area contributed by atoms with Crippen molar-refractivity contribution in [2.75, 3.05) is 39.0 Å². The van der Waals surface area contributed by atoms with Gasteiger partial charge in [-0.25, -0.2) is 14.4 Å². The number of carbonyl (C=O) groups excluding carboxylic acids is 1. The monoisotopic (exact) mass is 397 g/mol. The fraction of sp³-hybridized carbons (Fsp3) is 0.500. The first-order valence-corrected chi connectivity index (χ1v) is 10.3. The topological polar surface area (TPSA) is 61.4 Å². The van der Waals surface area contributed by atoms with Crippen molar-refractivity contribution < 1.29 is 9.18 Å². The highest BCUT2D eigenvalue weighted by molar-refractivity contribution is 5.78. The predicted octanol–water partition coefficient (Wildman–Crippen LogP) is 2.59. The highest BCUT2D eigenvalue weighted by Gasteiger charge is 2.28. The Morgan fingerprint density at radius 3 is 2.59 bits per heavy atom. The van der Waals surface area contributed by atoms with E-state index in [9.17, 15) is 9.18 Å². The number of carbonyl (C=O) groups is 1. The fourth-order valence-electron chi connectivity index (χ4n) is 4.25. The van der Waals surface area contributed by atoms with E-state index in [0.717, 1.165) is 55.3 Å². The summed E-state index contributed by atoms with van der Waals surface area (Å²) in [7, 11) is 4.04. The summed E-state index contributed by atoms with van der Waals surface area (Å²) in [5, 5.41) is 3.25. The van der Waals surface area contributed by atoms with Gasteiger partial charge < -0.3 is 15.1 Å². The maximum absolute atomic E-state index is 13.0. The van der Waals surface area contributed by atoms with Crippen LogP contribution in [0.15, 0.2) is 24.3 Å². The van der Waals surface area contributed by atoms with Crippen molar-refractivity contribution in [3.8, 4) is 0 Å². The van der Waals surface area contributed by atoms with E-state index in [1.165, 1.54) is 17.7 Å². The van der Waals surface area contributed by atoms with Crippen molar-refractivity contribution in [1.29, 1.82) is 0 Å². The molecule has 1 aromatic heterocycles. The second-order valence-electron chi connectivity index (χ2n) is 8.05. The number of nitrogens with one attached hydrogen (secondary N) is 1. The molecule has 2 aliphatic rings. The molecule has 1 fully saturated rings. The van der Waals surface area contributed by atoms with Crippen LogP contribution in [-0.4, -0.2) is 59.4 Å². The normalized spacial score (nSPS) is 17.8. The van der Waals surface area contributed by atoms with Gasteiger partial charge >= 0.3 is 0 Å². The van der Waals surface area contributed by atoms with E-state index in [-0.39, 0.29) is 17.6 Å². The number of anilines is 1. The molecule has 0 spiro atoms. The molecule has 0 atom stereocenters. The first-order chi connectivity index (χ1) is 14.0. The van der Waals surface area contributed by atoms with Gasteiger partial charge in [-0.05, 0) is 44.0 Å². The highest BCUT2D eigenvalue weighted by Crippen LogP contribution is 2.30. The molecule has 1 N–H and O–H groups in total. The minimum Gasteiger partial charge on any atom is -0.373 e. The van der Waals surface area contributed by atoms with E-state index in [1.54, 1.807) is 12.1 Å². The molecular formula is C22H28FN5O. The molecule has 1 aromatic carbocycles. The average Bonchev–Trinajstić information content (AvgIpc) is 2.74. The van der Waals surface area contributed by atoms with E-state index in [1.807, 2.05) is 11.9 Å². The molecule has 4 rings (SSSR count). The van der Waals surface area contributed by atoms with Crippen molar-refractivity contribution in [2.45, 2.75) is 38.1 Å². The lowest BCUT2D eigenvalue weighted by atomic mass is 9.94. The maximum Gasteiger partial charge on any atom is 0.226 e. The van der Waals surface area contributed by atoms with E-state index >= 15 is 0 Å². The van der Waals surface area contributed by atoms with Gasteiger partial charge in [-0.1, -0.05) is 12.1 Å². The van der Waals surface area contributed by atoms with Crippen LogP contribution in [0.5, 0.6) is 0 Å². The number of amides is 1. The molecular weight excluding hydrogens is 369 g/mol. The summed E-state index contributed by atoms with van der Waals surface area (Å²) in [6.45, 7) is 3.30. The number of likely N-dealkylation sites (N-methyl/N-ethyl adjacent to an activating group) is 1. The van der Waals surface area contributed by atoms with Crippen molar-refractivity contribution in [3.05, 3.63) is 52.7 Å². The summed E-state index contributed by atoms with van der Waals surface area (Å²) in [5.74, 6) is 1.94. The third kappa shape index (κ3) is 4.40. The molecule has 6 nitrogen and oxygen atoms in total. The molecule has 29 heavy (non-hydrogen) atoms.